The Morgan fingerprint density at radius 1 is 0.975 bits per heavy atom. The average Bonchev–Trinajstić information content (AvgIpc) is 3.43. The summed E-state index contributed by atoms with van der Waals surface area (Å²) in [6, 6.07) is 21.3. The van der Waals surface area contributed by atoms with Crippen molar-refractivity contribution in [2.75, 3.05) is 17.1 Å². The second-order valence-electron chi connectivity index (χ2n) is 10.1. The van der Waals surface area contributed by atoms with Gasteiger partial charge in [0.05, 0.1) is 11.9 Å². The van der Waals surface area contributed by atoms with Crippen LogP contribution in [0.3, 0.4) is 0 Å². The Kier molecular flexibility index (Phi) is 9.97. The van der Waals surface area contributed by atoms with Gasteiger partial charge >= 0.3 is 0 Å². The van der Waals surface area contributed by atoms with Crippen LogP contribution in [-0.2, 0) is 32.6 Å². The fourth-order valence-electron chi connectivity index (χ4n) is 5.00. The molecule has 4 rings (SSSR count). The number of hydrogen-bond donors (Lipinski definition) is 1. The number of hydrogen-bond acceptors (Lipinski definition) is 4. The Balaban J connectivity index is 1.73. The van der Waals surface area contributed by atoms with Crippen LogP contribution in [0.2, 0.25) is 0 Å². The summed E-state index contributed by atoms with van der Waals surface area (Å²) in [7, 11) is -4.03. The largest absolute Gasteiger partial charge is 0.352 e. The van der Waals surface area contributed by atoms with Crippen molar-refractivity contribution in [1.82, 2.24) is 10.2 Å². The third-order valence-electron chi connectivity index (χ3n) is 7.01. The number of carbonyl (C=O) groups is 2. The van der Waals surface area contributed by atoms with Gasteiger partial charge in [-0.3, -0.25) is 13.9 Å². The minimum absolute atomic E-state index is 0.0273. The molecule has 0 radical (unpaired) electrons. The van der Waals surface area contributed by atoms with Crippen LogP contribution in [0.4, 0.5) is 10.1 Å². The lowest BCUT2D eigenvalue weighted by Gasteiger charge is -2.34. The van der Waals surface area contributed by atoms with Gasteiger partial charge in [0, 0.05) is 23.5 Å². The van der Waals surface area contributed by atoms with E-state index in [1.54, 1.807) is 0 Å². The van der Waals surface area contributed by atoms with E-state index in [0.29, 0.717) is 0 Å². The number of benzene rings is 3. The van der Waals surface area contributed by atoms with Crippen LogP contribution >= 0.6 is 15.9 Å². The zero-order valence-electron chi connectivity index (χ0n) is 22.3. The topological polar surface area (TPSA) is 86.8 Å². The minimum atomic E-state index is -4.03. The molecule has 0 unspecified atom stereocenters. The number of nitrogens with one attached hydrogen (secondary N) is 1. The van der Waals surface area contributed by atoms with E-state index in [1.165, 1.54) is 23.1 Å². The van der Waals surface area contributed by atoms with Gasteiger partial charge in [-0.05, 0) is 48.2 Å². The van der Waals surface area contributed by atoms with Crippen LogP contribution in [-0.4, -0.2) is 50.0 Å². The number of carbonyl (C=O) groups excluding carboxylic acids is 2. The molecule has 1 N–H and O–H groups in total. The summed E-state index contributed by atoms with van der Waals surface area (Å²) in [5.74, 6) is -1.67. The van der Waals surface area contributed by atoms with Crippen molar-refractivity contribution < 1.29 is 22.4 Å². The van der Waals surface area contributed by atoms with Gasteiger partial charge in [-0.2, -0.15) is 0 Å². The van der Waals surface area contributed by atoms with Gasteiger partial charge in [0.2, 0.25) is 21.8 Å². The molecular formula is C30H33BrFN3O4S. The predicted octanol–water partition coefficient (Wildman–Crippen LogP) is 5.05. The van der Waals surface area contributed by atoms with Crippen molar-refractivity contribution in [2.24, 2.45) is 0 Å². The maximum absolute atomic E-state index is 14.7. The molecule has 212 valence electrons. The molecule has 7 nitrogen and oxygen atoms in total. The van der Waals surface area contributed by atoms with E-state index in [2.05, 4.69) is 21.2 Å². The van der Waals surface area contributed by atoms with Crippen LogP contribution < -0.4 is 9.62 Å². The summed E-state index contributed by atoms with van der Waals surface area (Å²) in [6.45, 7) is -0.599. The standard InChI is InChI=1S/C30H33BrFN3O4S/c1-40(38,39)35(27-17-8-7-16-26(27)32)21-29(36)34(20-23-12-9-13-24(31)18-23)28(19-22-10-3-2-4-11-22)30(37)33-25-14-5-6-15-25/h2-4,7-13,16-18,25,28H,5-6,14-15,19-21H2,1H3,(H,33,37)/t28-/m0/s1. The molecule has 0 bridgehead atoms. The van der Waals surface area contributed by atoms with Gasteiger partial charge in [-0.25, -0.2) is 12.8 Å². The fourth-order valence-corrected chi connectivity index (χ4v) is 6.30. The van der Waals surface area contributed by atoms with Crippen LogP contribution in [0.15, 0.2) is 83.3 Å². The lowest BCUT2D eigenvalue weighted by molar-refractivity contribution is -0.140. The molecule has 2 amide bonds. The second-order valence-corrected chi connectivity index (χ2v) is 12.9. The Morgan fingerprint density at radius 3 is 2.27 bits per heavy atom. The maximum atomic E-state index is 14.7. The number of para-hydroxylation sites is 1. The first-order valence-electron chi connectivity index (χ1n) is 13.2. The molecule has 10 heteroatoms. The van der Waals surface area contributed by atoms with Crippen molar-refractivity contribution >= 4 is 43.5 Å². The summed E-state index contributed by atoms with van der Waals surface area (Å²) in [6.07, 6.45) is 4.97. The van der Waals surface area contributed by atoms with Gasteiger partial charge in [0.1, 0.15) is 18.4 Å². The van der Waals surface area contributed by atoms with Gasteiger partial charge in [-0.15, -0.1) is 0 Å². The van der Waals surface area contributed by atoms with Gasteiger partial charge < -0.3 is 10.2 Å². The van der Waals surface area contributed by atoms with Crippen molar-refractivity contribution in [1.29, 1.82) is 0 Å². The number of anilines is 1. The van der Waals surface area contributed by atoms with Crippen molar-refractivity contribution in [3.8, 4) is 0 Å². The van der Waals surface area contributed by atoms with E-state index >= 15 is 0 Å². The molecule has 1 aliphatic carbocycles. The van der Waals surface area contributed by atoms with E-state index in [0.717, 1.165) is 57.9 Å². The molecular weight excluding hydrogens is 597 g/mol. The minimum Gasteiger partial charge on any atom is -0.352 e. The SMILES string of the molecule is CS(=O)(=O)N(CC(=O)N(Cc1cccc(Br)c1)[C@@H](Cc1ccccc1)C(=O)NC1CCCC1)c1ccccc1F. The third kappa shape index (κ3) is 7.91. The molecule has 1 fully saturated rings. The van der Waals surface area contributed by atoms with E-state index in [4.69, 9.17) is 0 Å². The monoisotopic (exact) mass is 629 g/mol. The Hall–Kier alpha value is -3.24. The lowest BCUT2D eigenvalue weighted by atomic mass is 10.0. The third-order valence-corrected chi connectivity index (χ3v) is 8.63. The summed E-state index contributed by atoms with van der Waals surface area (Å²) < 4.78 is 41.8. The quantitative estimate of drug-likeness (QED) is 0.321. The smallest absolute Gasteiger partial charge is 0.244 e. The number of halogens is 2. The lowest BCUT2D eigenvalue weighted by Crippen LogP contribution is -2.54. The van der Waals surface area contributed by atoms with Crippen molar-refractivity contribution in [3.63, 3.8) is 0 Å². The van der Waals surface area contributed by atoms with Gasteiger partial charge in [0.25, 0.3) is 0 Å². The molecule has 1 aliphatic rings. The molecule has 0 spiro atoms. The Labute approximate surface area is 243 Å². The molecule has 3 aromatic rings. The highest BCUT2D eigenvalue weighted by Crippen LogP contribution is 2.24. The van der Waals surface area contributed by atoms with Crippen LogP contribution in [0.1, 0.15) is 36.8 Å². The van der Waals surface area contributed by atoms with Crippen LogP contribution in [0.25, 0.3) is 0 Å². The fraction of sp³-hybridized carbons (Fsp3) is 0.333. The Morgan fingerprint density at radius 2 is 1.62 bits per heavy atom. The van der Waals surface area contributed by atoms with E-state index in [-0.39, 0.29) is 30.6 Å². The number of sulfonamides is 1. The maximum Gasteiger partial charge on any atom is 0.244 e. The molecule has 40 heavy (non-hydrogen) atoms. The first kappa shape index (κ1) is 29.7. The molecule has 0 heterocycles. The van der Waals surface area contributed by atoms with Crippen molar-refractivity contribution in [3.05, 3.63) is 100 Å². The normalized spacial score (nSPS) is 14.5. The van der Waals surface area contributed by atoms with Gasteiger partial charge in [0.15, 0.2) is 0 Å². The molecule has 1 atom stereocenters. The van der Waals surface area contributed by atoms with Crippen LogP contribution in [0.5, 0.6) is 0 Å². The predicted molar refractivity (Wildman–Crippen MR) is 158 cm³/mol. The zero-order valence-corrected chi connectivity index (χ0v) is 24.7. The zero-order chi connectivity index (χ0) is 28.7. The highest BCUT2D eigenvalue weighted by molar-refractivity contribution is 9.10. The van der Waals surface area contributed by atoms with E-state index in [1.807, 2.05) is 54.6 Å². The van der Waals surface area contributed by atoms with Crippen molar-refractivity contribution in [2.45, 2.75) is 50.7 Å². The second kappa shape index (κ2) is 13.4. The highest BCUT2D eigenvalue weighted by Gasteiger charge is 2.34. The number of amides is 2. The number of nitrogens with zero attached hydrogens (tertiary/aromatic N) is 2. The summed E-state index contributed by atoms with van der Waals surface area (Å²) in [5.41, 5.74) is 1.39. The Bertz CT molecular complexity index is 1430. The van der Waals surface area contributed by atoms with Crippen LogP contribution in [0, 0.1) is 5.82 Å². The summed E-state index contributed by atoms with van der Waals surface area (Å²) in [5, 5.41) is 3.12. The summed E-state index contributed by atoms with van der Waals surface area (Å²) in [4.78, 5) is 29.3. The van der Waals surface area contributed by atoms with E-state index < -0.39 is 34.3 Å². The average molecular weight is 631 g/mol. The molecule has 0 aliphatic heterocycles. The van der Waals surface area contributed by atoms with Gasteiger partial charge in [-0.1, -0.05) is 83.4 Å². The summed E-state index contributed by atoms with van der Waals surface area (Å²) >= 11 is 3.46. The highest BCUT2D eigenvalue weighted by atomic mass is 79.9. The van der Waals surface area contributed by atoms with E-state index in [9.17, 15) is 22.4 Å². The molecule has 0 saturated heterocycles. The number of rotatable bonds is 11. The molecule has 1 saturated carbocycles. The molecule has 0 aromatic heterocycles. The molecule has 3 aromatic carbocycles. The first-order valence-corrected chi connectivity index (χ1v) is 15.9. The first-order chi connectivity index (χ1) is 19.1.